The predicted octanol–water partition coefficient (Wildman–Crippen LogP) is 3.49. The van der Waals surface area contributed by atoms with E-state index in [0.29, 0.717) is 54.3 Å². The van der Waals surface area contributed by atoms with Gasteiger partial charge in [0, 0.05) is 55.6 Å². The van der Waals surface area contributed by atoms with Gasteiger partial charge in [0.25, 0.3) is 5.91 Å². The van der Waals surface area contributed by atoms with Gasteiger partial charge < -0.3 is 14.4 Å². The van der Waals surface area contributed by atoms with E-state index in [1.165, 1.54) is 24.5 Å². The van der Waals surface area contributed by atoms with Crippen molar-refractivity contribution in [3.8, 4) is 16.9 Å². The van der Waals surface area contributed by atoms with Gasteiger partial charge in [0.2, 0.25) is 0 Å². The molecule has 4 aromatic rings. The maximum Gasteiger partial charge on any atom is 0.254 e. The van der Waals surface area contributed by atoms with E-state index in [9.17, 15) is 14.0 Å². The van der Waals surface area contributed by atoms with Crippen molar-refractivity contribution in [3.05, 3.63) is 95.3 Å². The van der Waals surface area contributed by atoms with Crippen LogP contribution >= 0.6 is 0 Å². The highest BCUT2D eigenvalue weighted by Crippen LogP contribution is 2.33. The molecule has 2 aromatic heterocycles. The summed E-state index contributed by atoms with van der Waals surface area (Å²) in [4.78, 5) is 29.0. The maximum absolute atomic E-state index is 13.7. The van der Waals surface area contributed by atoms with Crippen molar-refractivity contribution in [1.29, 1.82) is 0 Å². The molecular weight excluding hydrogens is 489 g/mol. The van der Waals surface area contributed by atoms with Crippen molar-refractivity contribution in [1.82, 2.24) is 24.9 Å². The Balaban J connectivity index is 1.58. The topological polar surface area (TPSA) is 99.4 Å². The number of carbonyl (C=O) groups is 2. The van der Waals surface area contributed by atoms with E-state index in [2.05, 4.69) is 15.3 Å². The molecular formula is C28H26FN5O4. The zero-order valence-corrected chi connectivity index (χ0v) is 20.8. The lowest BCUT2D eigenvalue weighted by Gasteiger charge is -2.28. The number of carbonyl (C=O) groups excluding carboxylic acids is 2. The number of hydrogen-bond donors (Lipinski definition) is 0. The number of hydrogen-bond acceptors (Lipinski definition) is 7. The van der Waals surface area contributed by atoms with Gasteiger partial charge in [0.05, 0.1) is 31.2 Å². The molecule has 0 N–H and O–H groups in total. The van der Waals surface area contributed by atoms with Gasteiger partial charge in [-0.25, -0.2) is 4.39 Å². The molecule has 0 bridgehead atoms. The van der Waals surface area contributed by atoms with Gasteiger partial charge in [-0.2, -0.15) is 15.3 Å². The van der Waals surface area contributed by atoms with Crippen molar-refractivity contribution >= 4 is 11.7 Å². The number of ether oxygens (including phenoxy) is 2. The second-order valence-electron chi connectivity index (χ2n) is 8.97. The first-order chi connectivity index (χ1) is 18.5. The number of halogens is 1. The Morgan fingerprint density at radius 3 is 2.47 bits per heavy atom. The molecule has 0 unspecified atom stereocenters. The zero-order chi connectivity index (χ0) is 26.5. The molecule has 2 aromatic carbocycles. The summed E-state index contributed by atoms with van der Waals surface area (Å²) in [6.45, 7) is 1.93. The van der Waals surface area contributed by atoms with E-state index < -0.39 is 0 Å². The lowest BCUT2D eigenvalue weighted by atomic mass is 9.94. The minimum atomic E-state index is -0.347. The Hall–Kier alpha value is -4.44. The van der Waals surface area contributed by atoms with Gasteiger partial charge in [-0.1, -0.05) is 12.1 Å². The van der Waals surface area contributed by atoms with Crippen LogP contribution < -0.4 is 4.74 Å². The van der Waals surface area contributed by atoms with Gasteiger partial charge in [-0.3, -0.25) is 14.3 Å². The van der Waals surface area contributed by atoms with E-state index in [4.69, 9.17) is 9.47 Å². The van der Waals surface area contributed by atoms with Crippen LogP contribution in [0.15, 0.2) is 67.3 Å². The van der Waals surface area contributed by atoms with E-state index in [0.717, 1.165) is 5.56 Å². The van der Waals surface area contributed by atoms with E-state index in [1.807, 2.05) is 0 Å². The van der Waals surface area contributed by atoms with Crippen molar-refractivity contribution in [2.45, 2.75) is 13.0 Å². The Bertz CT molecular complexity index is 1430. The van der Waals surface area contributed by atoms with E-state index >= 15 is 0 Å². The molecule has 10 heteroatoms. The lowest BCUT2D eigenvalue weighted by molar-refractivity contribution is 0.0303. The van der Waals surface area contributed by atoms with Crippen LogP contribution in [-0.2, 0) is 24.8 Å². The molecule has 38 heavy (non-hydrogen) atoms. The third-order valence-electron chi connectivity index (χ3n) is 6.28. The standard InChI is InChI=1S/C28H26FN5O4/c1-33-17-21(16-32-33)23-14-27(38-18-19-2-4-22(29)5-3-19)25(26(35)12-20-6-7-30-31-15-20)13-24(23)28(36)34-8-10-37-11-9-34/h2-7,13-17H,8-12,18H2,1H3. The third-order valence-corrected chi connectivity index (χ3v) is 6.28. The van der Waals surface area contributed by atoms with Crippen LogP contribution in [0, 0.1) is 5.82 Å². The van der Waals surface area contributed by atoms with Crippen molar-refractivity contribution in [2.24, 2.45) is 7.05 Å². The summed E-state index contributed by atoms with van der Waals surface area (Å²) >= 11 is 0. The number of aryl methyl sites for hydroxylation is 1. The second-order valence-corrected chi connectivity index (χ2v) is 8.97. The fourth-order valence-corrected chi connectivity index (χ4v) is 4.27. The van der Waals surface area contributed by atoms with Crippen molar-refractivity contribution in [2.75, 3.05) is 26.3 Å². The molecule has 0 atom stereocenters. The van der Waals surface area contributed by atoms with Gasteiger partial charge in [0.15, 0.2) is 5.78 Å². The van der Waals surface area contributed by atoms with Gasteiger partial charge in [-0.15, -0.1) is 0 Å². The van der Waals surface area contributed by atoms with E-state index in [-0.39, 0.29) is 36.1 Å². The number of amides is 1. The lowest BCUT2D eigenvalue weighted by Crippen LogP contribution is -2.41. The normalized spacial score (nSPS) is 13.4. The van der Waals surface area contributed by atoms with Crippen molar-refractivity contribution < 1.29 is 23.5 Å². The highest BCUT2D eigenvalue weighted by molar-refractivity contribution is 6.07. The number of aromatic nitrogens is 4. The molecule has 1 saturated heterocycles. The molecule has 0 radical (unpaired) electrons. The zero-order valence-electron chi connectivity index (χ0n) is 20.8. The van der Waals surface area contributed by atoms with Crippen LogP contribution in [0.5, 0.6) is 5.75 Å². The van der Waals surface area contributed by atoms with Crippen LogP contribution in [-0.4, -0.2) is 62.9 Å². The molecule has 3 heterocycles. The van der Waals surface area contributed by atoms with Gasteiger partial charge >= 0.3 is 0 Å². The molecule has 1 aliphatic rings. The molecule has 0 aliphatic carbocycles. The molecule has 194 valence electrons. The maximum atomic E-state index is 13.7. The van der Waals surface area contributed by atoms with Crippen LogP contribution in [0.25, 0.3) is 11.1 Å². The molecule has 9 nitrogen and oxygen atoms in total. The minimum absolute atomic E-state index is 0.0554. The number of benzene rings is 2. The number of nitrogens with zero attached hydrogens (tertiary/aromatic N) is 5. The first-order valence-corrected chi connectivity index (χ1v) is 12.2. The molecule has 5 rings (SSSR count). The summed E-state index contributed by atoms with van der Waals surface area (Å²) < 4.78 is 26.6. The number of Topliss-reactive ketones (excluding diaryl/α,β-unsaturated/α-hetero) is 1. The summed E-state index contributed by atoms with van der Waals surface area (Å²) in [6, 6.07) is 11.0. The molecule has 1 fully saturated rings. The Kier molecular flexibility index (Phi) is 7.50. The van der Waals surface area contributed by atoms with Crippen LogP contribution in [0.2, 0.25) is 0 Å². The number of ketones is 1. The monoisotopic (exact) mass is 515 g/mol. The highest BCUT2D eigenvalue weighted by atomic mass is 19.1. The first kappa shape index (κ1) is 25.2. The third kappa shape index (κ3) is 5.76. The fourth-order valence-electron chi connectivity index (χ4n) is 4.27. The minimum Gasteiger partial charge on any atom is -0.488 e. The predicted molar refractivity (Wildman–Crippen MR) is 136 cm³/mol. The van der Waals surface area contributed by atoms with Gasteiger partial charge in [0.1, 0.15) is 18.2 Å². The molecule has 1 aliphatic heterocycles. The molecule has 1 amide bonds. The quantitative estimate of drug-likeness (QED) is 0.331. The van der Waals surface area contributed by atoms with Crippen LogP contribution in [0.4, 0.5) is 4.39 Å². The summed E-state index contributed by atoms with van der Waals surface area (Å²) in [5, 5.41) is 11.9. The van der Waals surface area contributed by atoms with E-state index in [1.54, 1.807) is 59.4 Å². The molecule has 0 saturated carbocycles. The number of morpholine rings is 1. The first-order valence-electron chi connectivity index (χ1n) is 12.2. The van der Waals surface area contributed by atoms with Crippen LogP contribution in [0.1, 0.15) is 31.8 Å². The van der Waals surface area contributed by atoms with Gasteiger partial charge in [-0.05, 0) is 41.5 Å². The largest absolute Gasteiger partial charge is 0.488 e. The molecule has 0 spiro atoms. The Labute approximate surface area is 218 Å². The number of rotatable bonds is 8. The second kappa shape index (κ2) is 11.3. The summed E-state index contributed by atoms with van der Waals surface area (Å²) in [5.41, 5.74) is 3.39. The highest BCUT2D eigenvalue weighted by Gasteiger charge is 2.26. The smallest absolute Gasteiger partial charge is 0.254 e. The Morgan fingerprint density at radius 1 is 1.00 bits per heavy atom. The summed E-state index contributed by atoms with van der Waals surface area (Å²) in [5.74, 6) is -0.461. The summed E-state index contributed by atoms with van der Waals surface area (Å²) in [6.07, 6.45) is 6.58. The Morgan fingerprint density at radius 2 is 1.79 bits per heavy atom. The average Bonchev–Trinajstić information content (AvgIpc) is 3.39. The fraction of sp³-hybridized carbons (Fsp3) is 0.250. The SMILES string of the molecule is Cn1cc(-c2cc(OCc3ccc(F)cc3)c(C(=O)Cc3ccnnc3)cc2C(=O)N2CCOCC2)cn1. The van der Waals surface area contributed by atoms with Crippen LogP contribution in [0.3, 0.4) is 0 Å². The van der Waals surface area contributed by atoms with Crippen molar-refractivity contribution in [3.63, 3.8) is 0 Å². The summed E-state index contributed by atoms with van der Waals surface area (Å²) in [7, 11) is 1.79. The average molecular weight is 516 g/mol.